The summed E-state index contributed by atoms with van der Waals surface area (Å²) in [6.45, 7) is 12.1. The van der Waals surface area contributed by atoms with Gasteiger partial charge in [-0.25, -0.2) is 0 Å². The molecule has 2 rings (SSSR count). The second-order valence-electron chi connectivity index (χ2n) is 8.75. The van der Waals surface area contributed by atoms with E-state index in [1.165, 1.54) is 58.0 Å². The van der Waals surface area contributed by atoms with Crippen molar-refractivity contribution in [2.75, 3.05) is 20.1 Å². The second-order valence-corrected chi connectivity index (χ2v) is 8.75. The zero-order valence-electron chi connectivity index (χ0n) is 15.1. The Morgan fingerprint density at radius 1 is 1.19 bits per heavy atom. The van der Waals surface area contributed by atoms with Crippen LogP contribution in [-0.2, 0) is 0 Å². The van der Waals surface area contributed by atoms with Gasteiger partial charge in [0.1, 0.15) is 0 Å². The first-order valence-corrected chi connectivity index (χ1v) is 9.34. The summed E-state index contributed by atoms with van der Waals surface area (Å²) in [5, 5.41) is 3.85. The molecule has 0 aliphatic heterocycles. The van der Waals surface area contributed by atoms with Crippen LogP contribution >= 0.6 is 0 Å². The number of hydrogen-bond donors (Lipinski definition) is 1. The van der Waals surface area contributed by atoms with Crippen molar-refractivity contribution in [2.24, 2.45) is 17.3 Å². The van der Waals surface area contributed by atoms with Gasteiger partial charge in [0.25, 0.3) is 0 Å². The van der Waals surface area contributed by atoms with E-state index in [1.54, 1.807) is 0 Å². The van der Waals surface area contributed by atoms with Gasteiger partial charge in [0.2, 0.25) is 0 Å². The molecule has 0 bridgehead atoms. The fourth-order valence-corrected chi connectivity index (χ4v) is 4.32. The van der Waals surface area contributed by atoms with Crippen LogP contribution < -0.4 is 5.32 Å². The molecule has 0 aromatic rings. The van der Waals surface area contributed by atoms with Gasteiger partial charge in [-0.05, 0) is 63.3 Å². The van der Waals surface area contributed by atoms with Crippen molar-refractivity contribution in [3.05, 3.63) is 0 Å². The minimum absolute atomic E-state index is 0.528. The highest BCUT2D eigenvalue weighted by molar-refractivity contribution is 4.93. The molecule has 2 aliphatic carbocycles. The Hall–Kier alpha value is -0.0800. The molecule has 0 saturated heterocycles. The predicted octanol–water partition coefficient (Wildman–Crippen LogP) is 4.30. The third-order valence-corrected chi connectivity index (χ3v) is 5.68. The lowest BCUT2D eigenvalue weighted by molar-refractivity contribution is 0.0709. The van der Waals surface area contributed by atoms with E-state index in [2.05, 4.69) is 45.0 Å². The van der Waals surface area contributed by atoms with Crippen LogP contribution in [-0.4, -0.2) is 37.1 Å². The summed E-state index contributed by atoms with van der Waals surface area (Å²) < 4.78 is 0. The summed E-state index contributed by atoms with van der Waals surface area (Å²) in [6.07, 6.45) is 9.85. The molecular weight excluding hydrogens is 256 g/mol. The van der Waals surface area contributed by atoms with Crippen LogP contribution in [0.15, 0.2) is 0 Å². The highest BCUT2D eigenvalue weighted by atomic mass is 15.1. The summed E-state index contributed by atoms with van der Waals surface area (Å²) in [4.78, 5) is 2.65. The van der Waals surface area contributed by atoms with Gasteiger partial charge < -0.3 is 10.2 Å². The first kappa shape index (κ1) is 17.3. The Kier molecular flexibility index (Phi) is 6.14. The van der Waals surface area contributed by atoms with Crippen molar-refractivity contribution in [1.82, 2.24) is 10.2 Å². The van der Waals surface area contributed by atoms with E-state index in [-0.39, 0.29) is 0 Å². The molecule has 0 amide bonds. The summed E-state index contributed by atoms with van der Waals surface area (Å²) in [6, 6.07) is 1.55. The maximum absolute atomic E-state index is 3.85. The summed E-state index contributed by atoms with van der Waals surface area (Å²) in [5.41, 5.74) is 0.528. The highest BCUT2D eigenvalue weighted by Gasteiger charge is 2.37. The summed E-state index contributed by atoms with van der Waals surface area (Å²) in [5.74, 6) is 1.71. The van der Waals surface area contributed by atoms with E-state index in [0.29, 0.717) is 11.5 Å². The van der Waals surface area contributed by atoms with Crippen molar-refractivity contribution in [2.45, 2.75) is 84.7 Å². The molecule has 3 unspecified atom stereocenters. The molecular formula is C19H38N2. The van der Waals surface area contributed by atoms with Gasteiger partial charge in [0.05, 0.1) is 0 Å². The zero-order chi connectivity index (χ0) is 15.5. The van der Waals surface area contributed by atoms with E-state index in [9.17, 15) is 0 Å². The molecule has 0 aromatic heterocycles. The Morgan fingerprint density at radius 3 is 2.48 bits per heavy atom. The normalized spacial score (nSPS) is 31.9. The van der Waals surface area contributed by atoms with E-state index < -0.39 is 0 Å². The van der Waals surface area contributed by atoms with Crippen LogP contribution in [0.2, 0.25) is 0 Å². The third kappa shape index (κ3) is 5.56. The largest absolute Gasteiger partial charge is 0.313 e. The van der Waals surface area contributed by atoms with Crippen LogP contribution in [0.3, 0.4) is 0 Å². The minimum atomic E-state index is 0.528. The second kappa shape index (κ2) is 7.46. The topological polar surface area (TPSA) is 15.3 Å². The van der Waals surface area contributed by atoms with Gasteiger partial charge >= 0.3 is 0 Å². The fourth-order valence-electron chi connectivity index (χ4n) is 4.32. The molecule has 21 heavy (non-hydrogen) atoms. The summed E-state index contributed by atoms with van der Waals surface area (Å²) >= 11 is 0. The molecule has 2 heteroatoms. The maximum atomic E-state index is 3.85. The number of hydrogen-bond acceptors (Lipinski definition) is 2. The van der Waals surface area contributed by atoms with Crippen LogP contribution in [0, 0.1) is 17.3 Å². The standard InChI is InChI=1S/C19H38N2/c1-15(2)11-17(4)21(5)14-19(13-20-18-8-9-18)10-6-7-16(3)12-19/h15-18,20H,6-14H2,1-5H3. The number of nitrogens with zero attached hydrogens (tertiary/aromatic N) is 1. The SMILES string of the molecule is CC(C)CC(C)N(C)CC1(CNC2CC2)CCCC(C)C1. The first-order chi connectivity index (χ1) is 9.90. The Balaban J connectivity index is 1.93. The molecule has 2 fully saturated rings. The Bertz CT molecular complexity index is 311. The zero-order valence-corrected chi connectivity index (χ0v) is 15.1. The Labute approximate surface area is 133 Å². The molecule has 2 aliphatic rings. The molecule has 2 saturated carbocycles. The van der Waals surface area contributed by atoms with Crippen molar-refractivity contribution >= 4 is 0 Å². The highest BCUT2D eigenvalue weighted by Crippen LogP contribution is 2.40. The molecule has 124 valence electrons. The quantitative estimate of drug-likeness (QED) is 0.718. The van der Waals surface area contributed by atoms with E-state index in [1.807, 2.05) is 0 Å². The number of rotatable bonds is 8. The van der Waals surface area contributed by atoms with Gasteiger partial charge in [0, 0.05) is 25.2 Å². The van der Waals surface area contributed by atoms with Gasteiger partial charge in [-0.3, -0.25) is 0 Å². The van der Waals surface area contributed by atoms with Gasteiger partial charge in [-0.15, -0.1) is 0 Å². The molecule has 3 atom stereocenters. The lowest BCUT2D eigenvalue weighted by atomic mass is 9.69. The van der Waals surface area contributed by atoms with Crippen LogP contribution in [0.25, 0.3) is 0 Å². The van der Waals surface area contributed by atoms with E-state index in [0.717, 1.165) is 17.9 Å². The van der Waals surface area contributed by atoms with E-state index >= 15 is 0 Å². The summed E-state index contributed by atoms with van der Waals surface area (Å²) in [7, 11) is 2.35. The molecule has 0 radical (unpaired) electrons. The fraction of sp³-hybridized carbons (Fsp3) is 1.00. The van der Waals surface area contributed by atoms with Gasteiger partial charge in [-0.2, -0.15) is 0 Å². The third-order valence-electron chi connectivity index (χ3n) is 5.68. The number of nitrogens with one attached hydrogen (secondary N) is 1. The van der Waals surface area contributed by atoms with Crippen LogP contribution in [0.5, 0.6) is 0 Å². The molecule has 0 aromatic carbocycles. The lowest BCUT2D eigenvalue weighted by Crippen LogP contribution is -2.48. The molecule has 0 heterocycles. The van der Waals surface area contributed by atoms with Crippen molar-refractivity contribution in [3.8, 4) is 0 Å². The van der Waals surface area contributed by atoms with Crippen molar-refractivity contribution < 1.29 is 0 Å². The van der Waals surface area contributed by atoms with Crippen molar-refractivity contribution in [1.29, 1.82) is 0 Å². The van der Waals surface area contributed by atoms with Crippen LogP contribution in [0.4, 0.5) is 0 Å². The maximum Gasteiger partial charge on any atom is 0.00684 e. The Morgan fingerprint density at radius 2 is 1.90 bits per heavy atom. The van der Waals surface area contributed by atoms with Crippen molar-refractivity contribution in [3.63, 3.8) is 0 Å². The smallest absolute Gasteiger partial charge is 0.00684 e. The lowest BCUT2D eigenvalue weighted by Gasteiger charge is -2.44. The molecule has 0 spiro atoms. The average Bonchev–Trinajstić information content (AvgIpc) is 3.19. The monoisotopic (exact) mass is 294 g/mol. The van der Waals surface area contributed by atoms with Gasteiger partial charge in [0.15, 0.2) is 0 Å². The average molecular weight is 295 g/mol. The molecule has 1 N–H and O–H groups in total. The van der Waals surface area contributed by atoms with Crippen LogP contribution in [0.1, 0.15) is 72.6 Å². The minimum Gasteiger partial charge on any atom is -0.313 e. The van der Waals surface area contributed by atoms with Gasteiger partial charge in [-0.1, -0.05) is 33.6 Å². The molecule has 2 nitrogen and oxygen atoms in total. The first-order valence-electron chi connectivity index (χ1n) is 9.34. The van der Waals surface area contributed by atoms with E-state index in [4.69, 9.17) is 0 Å². The predicted molar refractivity (Wildman–Crippen MR) is 92.6 cm³/mol.